The van der Waals surface area contributed by atoms with Crippen LogP contribution < -0.4 is 0 Å². The molecule has 0 aliphatic carbocycles. The van der Waals surface area contributed by atoms with Crippen molar-refractivity contribution in [2.24, 2.45) is 0 Å². The Hall–Kier alpha value is -0.540. The summed E-state index contributed by atoms with van der Waals surface area (Å²) in [5, 5.41) is 2.51. The van der Waals surface area contributed by atoms with Crippen LogP contribution in [0.2, 0.25) is 10.0 Å². The molecule has 0 radical (unpaired) electrons. The zero-order valence-electron chi connectivity index (χ0n) is 10.4. The van der Waals surface area contributed by atoms with E-state index in [-0.39, 0.29) is 4.83 Å². The van der Waals surface area contributed by atoms with Gasteiger partial charge in [-0.05, 0) is 41.6 Å². The number of benzene rings is 2. The summed E-state index contributed by atoms with van der Waals surface area (Å²) in [5.74, 6) is 0. The summed E-state index contributed by atoms with van der Waals surface area (Å²) in [6.45, 7) is 0. The first-order chi connectivity index (χ1) is 9.63. The van der Waals surface area contributed by atoms with Gasteiger partial charge in [0.25, 0.3) is 0 Å². The lowest BCUT2D eigenvalue weighted by atomic mass is 10.1. The maximum Gasteiger partial charge on any atom is 0.0595 e. The molecule has 4 heteroatoms. The second-order valence-electron chi connectivity index (χ2n) is 4.61. The highest BCUT2D eigenvalue weighted by atomic mass is 79.9. The smallest absolute Gasteiger partial charge is 0.0595 e. The summed E-state index contributed by atoms with van der Waals surface area (Å²) >= 11 is 17.6. The topological polar surface area (TPSA) is 0 Å². The summed E-state index contributed by atoms with van der Waals surface area (Å²) < 4.78 is 1.32. The van der Waals surface area contributed by atoms with Crippen LogP contribution in [0, 0.1) is 0 Å². The molecule has 0 saturated heterocycles. The summed E-state index contributed by atoms with van der Waals surface area (Å²) in [5.41, 5.74) is 1.18. The molecule has 0 aliphatic heterocycles. The molecular weight excluding hydrogens is 375 g/mol. The first kappa shape index (κ1) is 14.4. The van der Waals surface area contributed by atoms with Crippen molar-refractivity contribution in [3.8, 4) is 0 Å². The molecule has 2 aromatic carbocycles. The normalized spacial score (nSPS) is 12.8. The van der Waals surface area contributed by atoms with E-state index in [1.54, 1.807) is 0 Å². The zero-order valence-corrected chi connectivity index (χ0v) is 14.4. The van der Waals surface area contributed by atoms with Gasteiger partial charge in [0.2, 0.25) is 0 Å². The standard InChI is InChI=1S/C16H11BrCl2S/c17-12(7-10-5-6-13(18)14(19)8-10)16-9-11-3-1-2-4-15(11)20-16/h1-6,8-9,12H,7H2. The minimum Gasteiger partial charge on any atom is -0.139 e. The number of hydrogen-bond donors (Lipinski definition) is 0. The van der Waals surface area contributed by atoms with E-state index in [0.717, 1.165) is 6.42 Å². The Balaban J connectivity index is 1.84. The van der Waals surface area contributed by atoms with Crippen molar-refractivity contribution in [1.82, 2.24) is 0 Å². The van der Waals surface area contributed by atoms with Gasteiger partial charge in [-0.3, -0.25) is 0 Å². The highest BCUT2D eigenvalue weighted by Crippen LogP contribution is 2.36. The molecular formula is C16H11BrCl2S. The molecule has 0 nitrogen and oxygen atoms in total. The summed E-state index contributed by atoms with van der Waals surface area (Å²) in [7, 11) is 0. The first-order valence-electron chi connectivity index (χ1n) is 6.20. The average Bonchev–Trinajstić information content (AvgIpc) is 2.87. The second kappa shape index (κ2) is 6.07. The second-order valence-corrected chi connectivity index (χ2v) is 7.64. The van der Waals surface area contributed by atoms with Crippen molar-refractivity contribution < 1.29 is 0 Å². The van der Waals surface area contributed by atoms with E-state index in [0.29, 0.717) is 10.0 Å². The SMILES string of the molecule is Clc1ccc(CC(Br)c2cc3ccccc3s2)cc1Cl. The van der Waals surface area contributed by atoms with Gasteiger partial charge >= 0.3 is 0 Å². The third-order valence-electron chi connectivity index (χ3n) is 3.15. The van der Waals surface area contributed by atoms with Gasteiger partial charge in [-0.1, -0.05) is 63.4 Å². The molecule has 0 aliphatic rings. The maximum absolute atomic E-state index is 6.06. The number of thiophene rings is 1. The third kappa shape index (κ3) is 3.04. The van der Waals surface area contributed by atoms with E-state index in [2.05, 4.69) is 46.3 Å². The molecule has 0 amide bonds. The summed E-state index contributed by atoms with van der Waals surface area (Å²) in [4.78, 5) is 1.62. The fourth-order valence-electron chi connectivity index (χ4n) is 2.13. The molecule has 1 heterocycles. The number of hydrogen-bond acceptors (Lipinski definition) is 1. The van der Waals surface area contributed by atoms with Crippen molar-refractivity contribution in [2.45, 2.75) is 11.2 Å². The van der Waals surface area contributed by atoms with Crippen molar-refractivity contribution in [2.75, 3.05) is 0 Å². The molecule has 0 spiro atoms. The summed E-state index contributed by atoms with van der Waals surface area (Å²) in [6, 6.07) is 16.5. The highest BCUT2D eigenvalue weighted by molar-refractivity contribution is 9.09. The molecule has 20 heavy (non-hydrogen) atoms. The van der Waals surface area contributed by atoms with Crippen LogP contribution in [0.3, 0.4) is 0 Å². The minimum absolute atomic E-state index is 0.289. The van der Waals surface area contributed by atoms with Gasteiger partial charge in [0.05, 0.1) is 14.9 Å². The lowest BCUT2D eigenvalue weighted by Gasteiger charge is -2.08. The van der Waals surface area contributed by atoms with Gasteiger partial charge < -0.3 is 0 Å². The van der Waals surface area contributed by atoms with Gasteiger partial charge in [0.15, 0.2) is 0 Å². The van der Waals surface area contributed by atoms with Gasteiger partial charge in [0, 0.05) is 9.58 Å². The van der Waals surface area contributed by atoms with Gasteiger partial charge in [-0.15, -0.1) is 11.3 Å². The van der Waals surface area contributed by atoms with E-state index >= 15 is 0 Å². The summed E-state index contributed by atoms with van der Waals surface area (Å²) in [6.07, 6.45) is 0.893. The molecule has 1 atom stereocenters. The minimum atomic E-state index is 0.289. The Bertz CT molecular complexity index is 718. The van der Waals surface area contributed by atoms with Crippen LogP contribution in [-0.4, -0.2) is 0 Å². The van der Waals surface area contributed by atoms with Crippen LogP contribution in [0.15, 0.2) is 48.5 Å². The van der Waals surface area contributed by atoms with E-state index in [9.17, 15) is 0 Å². The van der Waals surface area contributed by atoms with Crippen LogP contribution in [0.1, 0.15) is 15.3 Å². The Labute approximate surface area is 140 Å². The lowest BCUT2D eigenvalue weighted by molar-refractivity contribution is 0.970. The van der Waals surface area contributed by atoms with Gasteiger partial charge in [-0.2, -0.15) is 0 Å². The van der Waals surface area contributed by atoms with E-state index in [1.807, 2.05) is 29.5 Å². The molecule has 0 bridgehead atoms. The van der Waals surface area contributed by atoms with Crippen LogP contribution in [0.4, 0.5) is 0 Å². The molecule has 0 saturated carbocycles. The zero-order chi connectivity index (χ0) is 14.1. The monoisotopic (exact) mass is 384 g/mol. The number of rotatable bonds is 3. The quantitative estimate of drug-likeness (QED) is 0.430. The van der Waals surface area contributed by atoms with Crippen LogP contribution in [0.5, 0.6) is 0 Å². The van der Waals surface area contributed by atoms with Crippen LogP contribution in [0.25, 0.3) is 10.1 Å². The van der Waals surface area contributed by atoms with E-state index in [4.69, 9.17) is 23.2 Å². The third-order valence-corrected chi connectivity index (χ3v) is 6.24. The van der Waals surface area contributed by atoms with Crippen LogP contribution in [-0.2, 0) is 6.42 Å². The Kier molecular flexibility index (Phi) is 4.37. The molecule has 0 fully saturated rings. The molecule has 1 unspecified atom stereocenters. The van der Waals surface area contributed by atoms with E-state index < -0.39 is 0 Å². The largest absolute Gasteiger partial charge is 0.139 e. The number of alkyl halides is 1. The van der Waals surface area contributed by atoms with Crippen molar-refractivity contribution in [3.05, 3.63) is 69.0 Å². The number of halogens is 3. The molecule has 3 rings (SSSR count). The first-order valence-corrected chi connectivity index (χ1v) is 8.69. The maximum atomic E-state index is 6.06. The fourth-order valence-corrected chi connectivity index (χ4v) is 4.28. The molecule has 102 valence electrons. The number of fused-ring (bicyclic) bond motifs is 1. The lowest BCUT2D eigenvalue weighted by Crippen LogP contribution is -1.92. The van der Waals surface area contributed by atoms with Crippen molar-refractivity contribution in [3.63, 3.8) is 0 Å². The Morgan fingerprint density at radius 3 is 2.55 bits per heavy atom. The van der Waals surface area contributed by atoms with E-state index in [1.165, 1.54) is 20.5 Å². The van der Waals surface area contributed by atoms with Crippen LogP contribution >= 0.6 is 50.5 Å². The average molecular weight is 386 g/mol. The molecule has 0 N–H and O–H groups in total. The molecule has 1 aromatic heterocycles. The fraction of sp³-hybridized carbons (Fsp3) is 0.125. The predicted molar refractivity (Wildman–Crippen MR) is 93.7 cm³/mol. The highest BCUT2D eigenvalue weighted by Gasteiger charge is 2.12. The van der Waals surface area contributed by atoms with Gasteiger partial charge in [0.1, 0.15) is 0 Å². The van der Waals surface area contributed by atoms with Crippen molar-refractivity contribution in [1.29, 1.82) is 0 Å². The van der Waals surface area contributed by atoms with Gasteiger partial charge in [-0.25, -0.2) is 0 Å². The Morgan fingerprint density at radius 1 is 1.00 bits per heavy atom. The molecule has 3 aromatic rings. The Morgan fingerprint density at radius 2 is 1.80 bits per heavy atom. The van der Waals surface area contributed by atoms with Crippen molar-refractivity contribution >= 4 is 60.6 Å². The predicted octanol–water partition coefficient (Wildman–Crippen LogP) is 6.89.